The summed E-state index contributed by atoms with van der Waals surface area (Å²) < 4.78 is 1.32. The number of H-pyrrole nitrogens is 1. The quantitative estimate of drug-likeness (QED) is 0.742. The van der Waals surface area contributed by atoms with E-state index >= 15 is 0 Å². The summed E-state index contributed by atoms with van der Waals surface area (Å²) in [4.78, 5) is 23.1. The van der Waals surface area contributed by atoms with E-state index in [1.54, 1.807) is 0 Å². The molecule has 1 saturated carbocycles. The minimum Gasteiger partial charge on any atom is -0.325 e. The van der Waals surface area contributed by atoms with Gasteiger partial charge in [0.2, 0.25) is 5.91 Å². The van der Waals surface area contributed by atoms with Crippen LogP contribution in [0.2, 0.25) is 0 Å². The van der Waals surface area contributed by atoms with Crippen LogP contribution < -0.4 is 11.3 Å². The number of rotatable bonds is 2. The summed E-state index contributed by atoms with van der Waals surface area (Å²) in [6.45, 7) is 0.206. The van der Waals surface area contributed by atoms with Crippen molar-refractivity contribution >= 4 is 5.91 Å². The van der Waals surface area contributed by atoms with Crippen LogP contribution in [0, 0.1) is 5.92 Å². The van der Waals surface area contributed by atoms with E-state index in [0.717, 1.165) is 25.7 Å². The summed E-state index contributed by atoms with van der Waals surface area (Å²) >= 11 is 0. The lowest BCUT2D eigenvalue weighted by molar-refractivity contribution is 0.0816. The van der Waals surface area contributed by atoms with Crippen molar-refractivity contribution in [3.05, 3.63) is 22.1 Å². The highest BCUT2D eigenvalue weighted by atomic mass is 16.2. The van der Waals surface area contributed by atoms with Crippen molar-refractivity contribution in [2.75, 3.05) is 0 Å². The first-order valence-corrected chi connectivity index (χ1v) is 5.27. The van der Waals surface area contributed by atoms with E-state index < -0.39 is 0 Å². The van der Waals surface area contributed by atoms with Gasteiger partial charge in [-0.25, -0.2) is 4.68 Å². The Hall–Kier alpha value is -1.36. The molecule has 2 rings (SSSR count). The number of nitrogens with zero attached hydrogens (tertiary/aromatic N) is 1. The van der Waals surface area contributed by atoms with Crippen LogP contribution in [-0.4, -0.2) is 15.7 Å². The number of nitrogens with two attached hydrogens (primary N) is 1. The second-order valence-corrected chi connectivity index (χ2v) is 3.97. The monoisotopic (exact) mass is 209 g/mol. The van der Waals surface area contributed by atoms with E-state index in [0.29, 0.717) is 5.69 Å². The number of aromatic nitrogens is 2. The van der Waals surface area contributed by atoms with Crippen molar-refractivity contribution in [3.63, 3.8) is 0 Å². The molecule has 1 fully saturated rings. The van der Waals surface area contributed by atoms with Gasteiger partial charge in [0.15, 0.2) is 0 Å². The van der Waals surface area contributed by atoms with E-state index in [9.17, 15) is 9.59 Å². The van der Waals surface area contributed by atoms with Crippen LogP contribution in [-0.2, 0) is 6.54 Å². The Morgan fingerprint density at radius 1 is 1.53 bits per heavy atom. The molecule has 15 heavy (non-hydrogen) atoms. The van der Waals surface area contributed by atoms with E-state index in [-0.39, 0.29) is 23.9 Å². The highest BCUT2D eigenvalue weighted by molar-refractivity contribution is 5.81. The van der Waals surface area contributed by atoms with Gasteiger partial charge in [-0.2, -0.15) is 0 Å². The second kappa shape index (κ2) is 4.02. The number of aromatic amines is 1. The molecule has 5 nitrogen and oxygen atoms in total. The highest BCUT2D eigenvalue weighted by Gasteiger charge is 2.25. The number of carbonyl (C=O) groups excluding carboxylic acids is 1. The zero-order chi connectivity index (χ0) is 10.8. The number of hydrogen-bond acceptors (Lipinski definition) is 3. The molecule has 0 bridgehead atoms. The van der Waals surface area contributed by atoms with Crippen LogP contribution in [0.1, 0.15) is 36.2 Å². The predicted octanol–water partition coefficient (Wildman–Crippen LogP) is 0.465. The van der Waals surface area contributed by atoms with E-state index in [1.165, 1.54) is 10.7 Å². The minimum absolute atomic E-state index is 0.0185. The average Bonchev–Trinajstić information content (AvgIpc) is 2.84. The van der Waals surface area contributed by atoms with Crippen LogP contribution in [0.15, 0.2) is 10.9 Å². The molecule has 0 aromatic carbocycles. The van der Waals surface area contributed by atoms with Gasteiger partial charge < -0.3 is 5.73 Å². The lowest BCUT2D eigenvalue weighted by Gasteiger charge is -2.10. The molecule has 1 aliphatic carbocycles. The van der Waals surface area contributed by atoms with Crippen LogP contribution in [0.3, 0.4) is 0 Å². The Kier molecular flexibility index (Phi) is 2.73. The van der Waals surface area contributed by atoms with Gasteiger partial charge in [-0.3, -0.25) is 14.7 Å². The molecule has 1 aromatic heterocycles. The topological polar surface area (TPSA) is 80.9 Å². The molecule has 1 aliphatic rings. The zero-order valence-electron chi connectivity index (χ0n) is 8.53. The van der Waals surface area contributed by atoms with Crippen LogP contribution in [0.5, 0.6) is 0 Å². The zero-order valence-corrected chi connectivity index (χ0v) is 8.53. The van der Waals surface area contributed by atoms with Crippen molar-refractivity contribution in [1.29, 1.82) is 0 Å². The van der Waals surface area contributed by atoms with E-state index in [1.807, 2.05) is 0 Å². The number of hydrogen-bond donors (Lipinski definition) is 2. The van der Waals surface area contributed by atoms with Gasteiger partial charge in [-0.15, -0.1) is 0 Å². The Morgan fingerprint density at radius 3 is 2.80 bits per heavy atom. The molecule has 0 amide bonds. The third-order valence-corrected chi connectivity index (χ3v) is 2.94. The number of carbonyl (C=O) groups is 1. The molecule has 0 saturated heterocycles. The number of nitrogens with one attached hydrogen (secondary N) is 1. The lowest BCUT2D eigenvalue weighted by Crippen LogP contribution is -2.24. The third-order valence-electron chi connectivity index (χ3n) is 2.94. The first-order valence-electron chi connectivity index (χ1n) is 5.27. The molecule has 1 aromatic rings. The second-order valence-electron chi connectivity index (χ2n) is 3.97. The Morgan fingerprint density at radius 2 is 2.20 bits per heavy atom. The first-order chi connectivity index (χ1) is 7.22. The summed E-state index contributed by atoms with van der Waals surface area (Å²) in [7, 11) is 0. The fraction of sp³-hybridized carbons (Fsp3) is 0.600. The SMILES string of the molecule is NCc1cc(=O)[nH]n1C(=O)C1CCCC1. The maximum absolute atomic E-state index is 12.0. The Balaban J connectivity index is 2.27. The molecule has 0 radical (unpaired) electrons. The van der Waals surface area contributed by atoms with Crippen molar-refractivity contribution < 1.29 is 4.79 Å². The van der Waals surface area contributed by atoms with Gasteiger partial charge in [0.1, 0.15) is 0 Å². The molecule has 5 heteroatoms. The van der Waals surface area contributed by atoms with E-state index in [2.05, 4.69) is 5.10 Å². The van der Waals surface area contributed by atoms with Gasteiger partial charge in [-0.05, 0) is 12.8 Å². The van der Waals surface area contributed by atoms with Crippen LogP contribution in [0.4, 0.5) is 0 Å². The van der Waals surface area contributed by atoms with Crippen LogP contribution in [0.25, 0.3) is 0 Å². The van der Waals surface area contributed by atoms with Gasteiger partial charge in [0.25, 0.3) is 5.56 Å². The molecule has 0 unspecified atom stereocenters. The molecule has 0 spiro atoms. The molecular formula is C10H15N3O2. The average molecular weight is 209 g/mol. The Bertz CT molecular complexity index is 413. The molecule has 3 N–H and O–H groups in total. The van der Waals surface area contributed by atoms with Crippen molar-refractivity contribution in [1.82, 2.24) is 9.78 Å². The fourth-order valence-corrected chi connectivity index (χ4v) is 2.13. The molecular weight excluding hydrogens is 194 g/mol. The summed E-state index contributed by atoms with van der Waals surface area (Å²) in [5.74, 6) is 0.0356. The summed E-state index contributed by atoms with van der Waals surface area (Å²) in [6, 6.07) is 1.38. The molecule has 0 aliphatic heterocycles. The smallest absolute Gasteiger partial charge is 0.264 e. The summed E-state index contributed by atoms with van der Waals surface area (Å²) in [5.41, 5.74) is 5.77. The third kappa shape index (κ3) is 1.87. The molecule has 82 valence electrons. The normalized spacial score (nSPS) is 17.1. The first kappa shape index (κ1) is 10.2. The van der Waals surface area contributed by atoms with Gasteiger partial charge >= 0.3 is 0 Å². The Labute approximate surface area is 87.3 Å². The van der Waals surface area contributed by atoms with Crippen molar-refractivity contribution in [2.45, 2.75) is 32.2 Å². The van der Waals surface area contributed by atoms with Crippen molar-refractivity contribution in [3.8, 4) is 0 Å². The maximum Gasteiger partial charge on any atom is 0.264 e. The van der Waals surface area contributed by atoms with Crippen LogP contribution >= 0.6 is 0 Å². The predicted molar refractivity (Wildman–Crippen MR) is 55.5 cm³/mol. The fourth-order valence-electron chi connectivity index (χ4n) is 2.13. The minimum atomic E-state index is -0.262. The van der Waals surface area contributed by atoms with E-state index in [4.69, 9.17) is 5.73 Å². The van der Waals surface area contributed by atoms with Gasteiger partial charge in [0, 0.05) is 18.5 Å². The van der Waals surface area contributed by atoms with Crippen molar-refractivity contribution in [2.24, 2.45) is 11.7 Å². The standard InChI is InChI=1S/C10H15N3O2/c11-6-8-5-9(14)12-13(8)10(15)7-3-1-2-4-7/h5,7H,1-4,6,11H2,(H,12,14). The summed E-state index contributed by atoms with van der Waals surface area (Å²) in [6.07, 6.45) is 4.03. The lowest BCUT2D eigenvalue weighted by atomic mass is 10.1. The maximum atomic E-state index is 12.0. The molecule has 0 atom stereocenters. The van der Waals surface area contributed by atoms with Gasteiger partial charge in [0.05, 0.1) is 5.69 Å². The molecule has 1 heterocycles. The van der Waals surface area contributed by atoms with Gasteiger partial charge in [-0.1, -0.05) is 12.8 Å². The summed E-state index contributed by atoms with van der Waals surface area (Å²) in [5, 5.41) is 2.50. The largest absolute Gasteiger partial charge is 0.325 e. The highest BCUT2D eigenvalue weighted by Crippen LogP contribution is 2.26.